The summed E-state index contributed by atoms with van der Waals surface area (Å²) >= 11 is 0. The van der Waals surface area contributed by atoms with Gasteiger partial charge in [-0.1, -0.05) is 12.1 Å². The Labute approximate surface area is 199 Å². The number of benzene rings is 1. The van der Waals surface area contributed by atoms with Gasteiger partial charge in [-0.15, -0.1) is 0 Å². The lowest BCUT2D eigenvalue weighted by Crippen LogP contribution is -2.38. The van der Waals surface area contributed by atoms with Crippen LogP contribution in [-0.4, -0.2) is 28.3 Å². The molecule has 2 aliphatic rings. The maximum absolute atomic E-state index is 15.0. The molecule has 1 aromatic carbocycles. The third kappa shape index (κ3) is 5.83. The number of aliphatic carboxylic acids is 1. The molecule has 2 fully saturated rings. The molecule has 0 radical (unpaired) electrons. The number of ether oxygens (including phenoxy) is 1. The average Bonchev–Trinajstić information content (AvgIpc) is 3.59. The monoisotopic (exact) mass is 481 g/mol. The van der Waals surface area contributed by atoms with E-state index in [1.165, 1.54) is 6.07 Å². The van der Waals surface area contributed by atoms with E-state index in [9.17, 15) is 23.1 Å². The van der Waals surface area contributed by atoms with Crippen LogP contribution in [0, 0.1) is 23.6 Å². The highest BCUT2D eigenvalue weighted by atomic mass is 32.1. The smallest absolute Gasteiger partial charge is 0.341 e. The number of carboxylic acids is 1. The van der Waals surface area contributed by atoms with Gasteiger partial charge in [-0.2, -0.15) is 17.9 Å². The summed E-state index contributed by atoms with van der Waals surface area (Å²) in [4.78, 5) is 14.9. The van der Waals surface area contributed by atoms with E-state index in [1.54, 1.807) is 24.3 Å². The van der Waals surface area contributed by atoms with Gasteiger partial charge in [0.2, 0.25) is 11.6 Å². The summed E-state index contributed by atoms with van der Waals surface area (Å²) in [6.07, 6.45) is 5.75. The first-order valence-electron chi connectivity index (χ1n) is 11.2. The van der Waals surface area contributed by atoms with E-state index in [0.29, 0.717) is 23.5 Å². The number of pyridine rings is 1. The summed E-state index contributed by atoms with van der Waals surface area (Å²) in [6.45, 7) is 1.62. The van der Waals surface area contributed by atoms with Crippen molar-refractivity contribution in [1.29, 1.82) is 0 Å². The second kappa shape index (κ2) is 10.4. The lowest BCUT2D eigenvalue weighted by atomic mass is 9.79. The first-order valence-corrected chi connectivity index (χ1v) is 11.2. The largest absolute Gasteiger partial charge is 0.493 e. The zero-order valence-corrected chi connectivity index (χ0v) is 19.6. The van der Waals surface area contributed by atoms with Gasteiger partial charge in [0.25, 0.3) is 0 Å². The maximum Gasteiger partial charge on any atom is 0.341 e. The zero-order valence-electron chi connectivity index (χ0n) is 18.6. The van der Waals surface area contributed by atoms with Crippen LogP contribution in [0.2, 0.25) is 0 Å². The van der Waals surface area contributed by atoms with Crippen molar-refractivity contribution < 1.29 is 27.8 Å². The zero-order chi connectivity index (χ0) is 22.9. The molecule has 1 N–H and O–H groups in total. The lowest BCUT2D eigenvalue weighted by Gasteiger charge is -2.29. The van der Waals surface area contributed by atoms with Gasteiger partial charge >= 0.3 is 5.97 Å². The number of alkyl halides is 1. The summed E-state index contributed by atoms with van der Waals surface area (Å²) in [6, 6.07) is 8.28. The molecule has 33 heavy (non-hydrogen) atoms. The molecule has 2 aliphatic carbocycles. The topological polar surface area (TPSA) is 59.4 Å². The van der Waals surface area contributed by atoms with Gasteiger partial charge in [0, 0.05) is 5.92 Å². The predicted molar refractivity (Wildman–Crippen MR) is 124 cm³/mol. The van der Waals surface area contributed by atoms with Crippen LogP contribution in [0.5, 0.6) is 5.75 Å². The van der Waals surface area contributed by atoms with Crippen molar-refractivity contribution in [3.63, 3.8) is 0 Å². The van der Waals surface area contributed by atoms with Crippen molar-refractivity contribution in [3.05, 3.63) is 59.4 Å². The van der Waals surface area contributed by atoms with Crippen molar-refractivity contribution in [2.45, 2.75) is 63.0 Å². The summed E-state index contributed by atoms with van der Waals surface area (Å²) < 4.78 is 48.4. The molecule has 180 valence electrons. The van der Waals surface area contributed by atoms with Crippen LogP contribution < -0.4 is 4.74 Å². The van der Waals surface area contributed by atoms with Crippen LogP contribution in [0.1, 0.15) is 68.4 Å². The fourth-order valence-corrected chi connectivity index (χ4v) is 4.98. The second-order valence-corrected chi connectivity index (χ2v) is 9.33. The lowest BCUT2D eigenvalue weighted by molar-refractivity contribution is -0.151. The Morgan fingerprint density at radius 3 is 2.52 bits per heavy atom. The fraction of sp³-hybridized carbons (Fsp3) is 0.520. The first-order chi connectivity index (χ1) is 15.3. The van der Waals surface area contributed by atoms with Gasteiger partial charge in [-0.3, -0.25) is 0 Å². The average molecular weight is 482 g/mol. The molecule has 0 saturated heterocycles. The highest BCUT2D eigenvalue weighted by Gasteiger charge is 2.50. The molecule has 2 aromatic rings. The Hall–Kier alpha value is -2.22. The van der Waals surface area contributed by atoms with E-state index in [0.717, 1.165) is 51.6 Å². The number of hydrogen-bond acceptors (Lipinski definition) is 3. The van der Waals surface area contributed by atoms with Gasteiger partial charge in [0.05, 0.1) is 12.8 Å². The quantitative estimate of drug-likeness (QED) is 0.461. The molecular weight excluding hydrogens is 451 g/mol. The standard InChI is InChI=1S/C25H28F3NO3.H2S/c1-25(28,24(30)31)23(17-9-10-17)18-3-2-4-19(11-18)32-14-15-5-7-16(8-6-15)20-12-22(27)29-13-21(20)26;/h2-4,11-13,15-17,23H,5-10,14H2,1H3,(H,30,31);1H2/t15?,16?,23-,25?;/m1./s1. The molecule has 1 heterocycles. The number of rotatable bonds is 8. The van der Waals surface area contributed by atoms with Gasteiger partial charge < -0.3 is 9.84 Å². The highest BCUT2D eigenvalue weighted by Crippen LogP contribution is 2.50. The van der Waals surface area contributed by atoms with Gasteiger partial charge in [0.15, 0.2) is 0 Å². The van der Waals surface area contributed by atoms with Crippen LogP contribution >= 0.6 is 13.5 Å². The normalized spacial score (nSPS) is 23.2. The maximum atomic E-state index is 15.0. The molecule has 2 atom stereocenters. The number of halogens is 3. The third-order valence-electron chi connectivity index (χ3n) is 6.94. The molecule has 2 saturated carbocycles. The molecule has 1 aromatic heterocycles. The predicted octanol–water partition coefficient (Wildman–Crippen LogP) is 6.13. The van der Waals surface area contributed by atoms with E-state index in [-0.39, 0.29) is 31.2 Å². The van der Waals surface area contributed by atoms with Crippen molar-refractivity contribution in [2.24, 2.45) is 11.8 Å². The molecule has 8 heteroatoms. The summed E-state index contributed by atoms with van der Waals surface area (Å²) in [5.74, 6) is -2.38. The summed E-state index contributed by atoms with van der Waals surface area (Å²) in [5, 5.41) is 9.37. The first kappa shape index (κ1) is 25.4. The summed E-state index contributed by atoms with van der Waals surface area (Å²) in [7, 11) is 0. The van der Waals surface area contributed by atoms with Crippen LogP contribution in [0.15, 0.2) is 36.5 Å². The Kier molecular flexibility index (Phi) is 7.98. The molecule has 0 amide bonds. The number of hydrogen-bond donors (Lipinski definition) is 1. The Balaban J connectivity index is 0.00000306. The Bertz CT molecular complexity index is 975. The van der Waals surface area contributed by atoms with Crippen molar-refractivity contribution in [1.82, 2.24) is 4.98 Å². The highest BCUT2D eigenvalue weighted by molar-refractivity contribution is 7.59. The van der Waals surface area contributed by atoms with E-state index in [4.69, 9.17) is 4.74 Å². The van der Waals surface area contributed by atoms with E-state index >= 15 is 0 Å². The molecule has 0 bridgehead atoms. The van der Waals surface area contributed by atoms with Gasteiger partial charge in [0.1, 0.15) is 11.6 Å². The van der Waals surface area contributed by atoms with Gasteiger partial charge in [-0.25, -0.2) is 18.6 Å². The fourth-order valence-electron chi connectivity index (χ4n) is 4.98. The number of aromatic nitrogens is 1. The third-order valence-corrected chi connectivity index (χ3v) is 6.94. The van der Waals surface area contributed by atoms with E-state index in [1.807, 2.05) is 0 Å². The Morgan fingerprint density at radius 2 is 1.88 bits per heavy atom. The van der Waals surface area contributed by atoms with Crippen LogP contribution in [0.4, 0.5) is 13.2 Å². The van der Waals surface area contributed by atoms with Crippen LogP contribution in [-0.2, 0) is 4.79 Å². The molecule has 4 rings (SSSR count). The van der Waals surface area contributed by atoms with Crippen molar-refractivity contribution >= 4 is 19.5 Å². The molecule has 4 nitrogen and oxygen atoms in total. The minimum atomic E-state index is -2.33. The molecular formula is C25H30F3NO3S. The minimum absolute atomic E-state index is 0. The molecule has 0 aliphatic heterocycles. The van der Waals surface area contributed by atoms with Crippen molar-refractivity contribution in [2.75, 3.05) is 6.61 Å². The number of carboxylic acid groups (broad SMARTS) is 1. The van der Waals surface area contributed by atoms with E-state index in [2.05, 4.69) is 4.98 Å². The SMILES string of the molecule is CC(F)(C(=O)O)[C@@H](c1cccc(OCC2CCC(c3cc(F)ncc3F)CC2)c1)C1CC1.S. The minimum Gasteiger partial charge on any atom is -0.493 e. The molecule has 0 spiro atoms. The van der Waals surface area contributed by atoms with Crippen LogP contribution in [0.25, 0.3) is 0 Å². The molecule has 1 unspecified atom stereocenters. The van der Waals surface area contributed by atoms with Gasteiger partial charge in [-0.05, 0) is 92.5 Å². The number of carbonyl (C=O) groups is 1. The van der Waals surface area contributed by atoms with Crippen LogP contribution in [0.3, 0.4) is 0 Å². The van der Waals surface area contributed by atoms with Crippen molar-refractivity contribution in [3.8, 4) is 5.75 Å². The number of nitrogens with zero attached hydrogens (tertiary/aromatic N) is 1. The van der Waals surface area contributed by atoms with E-state index < -0.39 is 29.3 Å². The Morgan fingerprint density at radius 1 is 1.18 bits per heavy atom. The second-order valence-electron chi connectivity index (χ2n) is 9.33. The summed E-state index contributed by atoms with van der Waals surface area (Å²) in [5.41, 5.74) is -1.29.